The molecule has 1 aliphatic carbocycles. The van der Waals surface area contributed by atoms with Crippen LogP contribution in [0.3, 0.4) is 0 Å². The molecule has 1 aliphatic rings. The van der Waals surface area contributed by atoms with Gasteiger partial charge in [0.05, 0.1) is 28.9 Å². The first-order chi connectivity index (χ1) is 13.8. The molecule has 0 saturated heterocycles. The van der Waals surface area contributed by atoms with Crippen molar-refractivity contribution < 1.29 is 23.1 Å². The Bertz CT molecular complexity index is 940. The first-order valence-corrected chi connectivity index (χ1v) is 9.09. The first-order valence-electron chi connectivity index (χ1n) is 9.09. The molecule has 1 aromatic carbocycles. The van der Waals surface area contributed by atoms with Gasteiger partial charge in [-0.05, 0) is 43.2 Å². The number of rotatable bonds is 5. The quantitative estimate of drug-likeness (QED) is 0.704. The molecule has 1 amide bonds. The van der Waals surface area contributed by atoms with Gasteiger partial charge in [0.1, 0.15) is 5.82 Å². The van der Waals surface area contributed by atoms with Crippen LogP contribution >= 0.6 is 0 Å². The highest BCUT2D eigenvalue weighted by molar-refractivity contribution is 6.07. The van der Waals surface area contributed by atoms with Gasteiger partial charge in [-0.3, -0.25) is 4.79 Å². The summed E-state index contributed by atoms with van der Waals surface area (Å²) < 4.78 is 38.7. The third-order valence-electron chi connectivity index (χ3n) is 4.91. The van der Waals surface area contributed by atoms with Crippen molar-refractivity contribution in [3.63, 3.8) is 0 Å². The van der Waals surface area contributed by atoms with Crippen LogP contribution in [0.5, 0.6) is 0 Å². The second kappa shape index (κ2) is 8.49. The predicted molar refractivity (Wildman–Crippen MR) is 100 cm³/mol. The fourth-order valence-electron chi connectivity index (χ4n) is 3.37. The van der Waals surface area contributed by atoms with Crippen LogP contribution in [0.15, 0.2) is 36.5 Å². The number of hydrogen-bond acceptors (Lipinski definition) is 5. The number of aliphatic hydroxyl groups is 1. The number of halogens is 3. The van der Waals surface area contributed by atoms with E-state index >= 15 is 0 Å². The minimum atomic E-state index is -4.65. The van der Waals surface area contributed by atoms with E-state index in [2.05, 4.69) is 15.6 Å². The topological polar surface area (TPSA) is 98.0 Å². The Morgan fingerprint density at radius 2 is 2.10 bits per heavy atom. The molecule has 2 unspecified atom stereocenters. The lowest BCUT2D eigenvalue weighted by Gasteiger charge is -2.17. The third kappa shape index (κ3) is 4.84. The zero-order valence-electron chi connectivity index (χ0n) is 15.3. The fraction of sp³-hybridized carbons (Fsp3) is 0.350. The highest BCUT2D eigenvalue weighted by Crippen LogP contribution is 2.33. The van der Waals surface area contributed by atoms with Gasteiger partial charge in [0.25, 0.3) is 5.91 Å². The first kappa shape index (κ1) is 20.6. The van der Waals surface area contributed by atoms with Crippen molar-refractivity contribution in [2.75, 3.05) is 17.2 Å². The van der Waals surface area contributed by atoms with Gasteiger partial charge in [0, 0.05) is 24.3 Å². The number of aliphatic hydroxyl groups excluding tert-OH is 1. The molecular formula is C20H19F3N4O2. The van der Waals surface area contributed by atoms with E-state index in [4.69, 9.17) is 5.26 Å². The zero-order valence-corrected chi connectivity index (χ0v) is 15.3. The van der Waals surface area contributed by atoms with Crippen molar-refractivity contribution in [1.82, 2.24) is 4.98 Å². The SMILES string of the molecule is N#Cc1cc(NC(=O)c2cccnc2NCC2CCCC2O)ccc1C(F)(F)F. The molecule has 1 saturated carbocycles. The molecule has 152 valence electrons. The van der Waals surface area contributed by atoms with E-state index in [1.807, 2.05) is 0 Å². The van der Waals surface area contributed by atoms with Crippen LogP contribution in [0.1, 0.15) is 40.7 Å². The summed E-state index contributed by atoms with van der Waals surface area (Å²) in [4.78, 5) is 16.8. The molecule has 29 heavy (non-hydrogen) atoms. The minimum absolute atomic E-state index is 0.0700. The average molecular weight is 404 g/mol. The van der Waals surface area contributed by atoms with Gasteiger partial charge < -0.3 is 15.7 Å². The number of aromatic nitrogens is 1. The van der Waals surface area contributed by atoms with Crippen LogP contribution in [0.2, 0.25) is 0 Å². The molecule has 2 aromatic rings. The van der Waals surface area contributed by atoms with Crippen molar-refractivity contribution >= 4 is 17.4 Å². The summed E-state index contributed by atoms with van der Waals surface area (Å²) in [7, 11) is 0. The molecule has 1 aromatic heterocycles. The summed E-state index contributed by atoms with van der Waals surface area (Å²) in [5.74, 6) is -0.186. The lowest BCUT2D eigenvalue weighted by atomic mass is 10.1. The number of carbonyl (C=O) groups excluding carboxylic acids is 1. The standard InChI is InChI=1S/C20H19F3N4O2/c21-20(22,23)16-7-6-14(9-13(16)10-24)27-19(29)15-4-2-8-25-18(15)26-11-12-3-1-5-17(12)28/h2,4,6-9,12,17,28H,1,3,5,11H2,(H,25,26)(H,27,29). The maximum absolute atomic E-state index is 12.9. The van der Waals surface area contributed by atoms with Crippen LogP contribution in [0.25, 0.3) is 0 Å². The number of nitriles is 1. The summed E-state index contributed by atoms with van der Waals surface area (Å²) in [6, 6.07) is 7.45. The van der Waals surface area contributed by atoms with Crippen molar-refractivity contribution in [3.8, 4) is 6.07 Å². The lowest BCUT2D eigenvalue weighted by Crippen LogP contribution is -2.24. The van der Waals surface area contributed by atoms with E-state index in [-0.39, 0.29) is 23.3 Å². The molecule has 0 spiro atoms. The number of nitrogens with zero attached hydrogens (tertiary/aromatic N) is 2. The van der Waals surface area contributed by atoms with Crippen molar-refractivity contribution in [2.45, 2.75) is 31.5 Å². The van der Waals surface area contributed by atoms with Crippen LogP contribution in [0.4, 0.5) is 24.7 Å². The molecular weight excluding hydrogens is 385 g/mol. The predicted octanol–water partition coefficient (Wildman–Crippen LogP) is 3.80. The largest absolute Gasteiger partial charge is 0.417 e. The number of alkyl halides is 3. The van der Waals surface area contributed by atoms with E-state index in [9.17, 15) is 23.1 Å². The summed E-state index contributed by atoms with van der Waals surface area (Å²) in [6.45, 7) is 0.456. The van der Waals surface area contributed by atoms with E-state index in [1.54, 1.807) is 6.07 Å². The van der Waals surface area contributed by atoms with Gasteiger partial charge in [-0.15, -0.1) is 0 Å². The summed E-state index contributed by atoms with van der Waals surface area (Å²) >= 11 is 0. The van der Waals surface area contributed by atoms with Gasteiger partial charge in [-0.2, -0.15) is 18.4 Å². The highest BCUT2D eigenvalue weighted by atomic mass is 19.4. The van der Waals surface area contributed by atoms with Crippen LogP contribution in [-0.4, -0.2) is 28.6 Å². The summed E-state index contributed by atoms with van der Waals surface area (Å²) in [5, 5.41) is 24.5. The van der Waals surface area contributed by atoms with Crippen molar-refractivity contribution in [1.29, 1.82) is 5.26 Å². The molecule has 3 rings (SSSR count). The highest BCUT2D eigenvalue weighted by Gasteiger charge is 2.33. The average Bonchev–Trinajstić information content (AvgIpc) is 3.10. The maximum atomic E-state index is 12.9. The van der Waals surface area contributed by atoms with Gasteiger partial charge in [0.15, 0.2) is 0 Å². The van der Waals surface area contributed by atoms with Crippen molar-refractivity contribution in [3.05, 3.63) is 53.2 Å². The van der Waals surface area contributed by atoms with E-state index in [0.29, 0.717) is 12.4 Å². The molecule has 1 fully saturated rings. The summed E-state index contributed by atoms with van der Waals surface area (Å²) in [5.41, 5.74) is -1.36. The monoisotopic (exact) mass is 404 g/mol. The second-order valence-electron chi connectivity index (χ2n) is 6.86. The van der Waals surface area contributed by atoms with E-state index < -0.39 is 23.2 Å². The summed E-state index contributed by atoms with van der Waals surface area (Å²) in [6.07, 6.45) is -0.963. The Hall–Kier alpha value is -3.12. The van der Waals surface area contributed by atoms with Gasteiger partial charge in [-0.1, -0.05) is 6.42 Å². The van der Waals surface area contributed by atoms with Gasteiger partial charge in [0.2, 0.25) is 0 Å². The number of benzene rings is 1. The molecule has 3 N–H and O–H groups in total. The number of hydrogen-bond donors (Lipinski definition) is 3. The zero-order chi connectivity index (χ0) is 21.0. The number of nitrogens with one attached hydrogen (secondary N) is 2. The normalized spacial score (nSPS) is 18.9. The Balaban J connectivity index is 1.75. The van der Waals surface area contributed by atoms with E-state index in [1.165, 1.54) is 18.3 Å². The lowest BCUT2D eigenvalue weighted by molar-refractivity contribution is -0.137. The molecule has 2 atom stereocenters. The number of carbonyl (C=O) groups is 1. The van der Waals surface area contributed by atoms with Crippen LogP contribution < -0.4 is 10.6 Å². The number of pyridine rings is 1. The van der Waals surface area contributed by atoms with Gasteiger partial charge >= 0.3 is 6.18 Å². The van der Waals surface area contributed by atoms with Crippen LogP contribution in [-0.2, 0) is 6.18 Å². The van der Waals surface area contributed by atoms with Crippen LogP contribution in [0, 0.1) is 17.2 Å². The molecule has 0 radical (unpaired) electrons. The molecule has 0 bridgehead atoms. The maximum Gasteiger partial charge on any atom is 0.417 e. The Kier molecular flexibility index (Phi) is 6.03. The number of anilines is 2. The van der Waals surface area contributed by atoms with Gasteiger partial charge in [-0.25, -0.2) is 4.98 Å². The Labute approximate surface area is 165 Å². The van der Waals surface area contributed by atoms with E-state index in [0.717, 1.165) is 37.5 Å². The molecule has 9 heteroatoms. The molecule has 0 aliphatic heterocycles. The smallest absolute Gasteiger partial charge is 0.393 e. The molecule has 6 nitrogen and oxygen atoms in total. The fourth-order valence-corrected chi connectivity index (χ4v) is 3.37. The minimum Gasteiger partial charge on any atom is -0.393 e. The molecule has 1 heterocycles. The van der Waals surface area contributed by atoms with Crippen molar-refractivity contribution in [2.24, 2.45) is 5.92 Å². The Morgan fingerprint density at radius 1 is 1.31 bits per heavy atom. The third-order valence-corrected chi connectivity index (χ3v) is 4.91. The number of amides is 1. The second-order valence-corrected chi connectivity index (χ2v) is 6.86. The Morgan fingerprint density at radius 3 is 2.76 bits per heavy atom.